The number of hydrogen-bond acceptors (Lipinski definition) is 4. The molecular weight excluding hydrogens is 527 g/mol. The lowest BCUT2D eigenvalue weighted by molar-refractivity contribution is 0.204. The van der Waals surface area contributed by atoms with Crippen LogP contribution in [-0.4, -0.2) is 47.7 Å². The molecule has 0 fully saturated rings. The van der Waals surface area contributed by atoms with Crippen LogP contribution in [0.1, 0.15) is 24.5 Å². The van der Waals surface area contributed by atoms with Crippen LogP contribution in [0.25, 0.3) is 0 Å². The topological polar surface area (TPSA) is 91.8 Å². The molecule has 3 N–H and O–H groups in total. The molecule has 0 amide bonds. The van der Waals surface area contributed by atoms with Gasteiger partial charge < -0.3 is 15.4 Å². The number of nitrogens with zero attached hydrogens (tertiary/aromatic N) is 1. The van der Waals surface area contributed by atoms with Crippen LogP contribution in [0, 0.1) is 0 Å². The summed E-state index contributed by atoms with van der Waals surface area (Å²) in [6.07, 6.45) is 1.97. The van der Waals surface area contributed by atoms with E-state index in [-0.39, 0.29) is 41.5 Å². The lowest BCUT2D eigenvalue weighted by Crippen LogP contribution is -2.42. The second-order valence-corrected chi connectivity index (χ2v) is 8.80. The molecule has 2 aromatic carbocycles. The zero-order valence-corrected chi connectivity index (χ0v) is 21.4. The Morgan fingerprint density at radius 1 is 1.10 bits per heavy atom. The minimum Gasteiger partial charge on any atom is -0.383 e. The summed E-state index contributed by atoms with van der Waals surface area (Å²) in [6, 6.07) is 17.5. The van der Waals surface area contributed by atoms with Gasteiger partial charge in [0.25, 0.3) is 0 Å². The molecular formula is C22H33IN4O3S. The molecule has 0 aliphatic rings. The van der Waals surface area contributed by atoms with Crippen LogP contribution in [0.4, 0.5) is 0 Å². The van der Waals surface area contributed by atoms with Gasteiger partial charge in [0.15, 0.2) is 5.96 Å². The Morgan fingerprint density at radius 3 is 2.48 bits per heavy atom. The van der Waals surface area contributed by atoms with Gasteiger partial charge in [0.05, 0.1) is 11.5 Å². The number of aryl methyl sites for hydroxylation is 1. The summed E-state index contributed by atoms with van der Waals surface area (Å²) in [5.74, 6) is 0.682. The van der Waals surface area contributed by atoms with E-state index in [0.717, 1.165) is 18.4 Å². The molecule has 0 aromatic heterocycles. The van der Waals surface area contributed by atoms with Gasteiger partial charge in [-0.1, -0.05) is 42.5 Å². The Bertz CT molecular complexity index is 908. The molecule has 172 valence electrons. The quantitative estimate of drug-likeness (QED) is 0.170. The van der Waals surface area contributed by atoms with Gasteiger partial charge in [0.1, 0.15) is 0 Å². The summed E-state index contributed by atoms with van der Waals surface area (Å²) in [7, 11) is -0.302. The fraction of sp³-hybridized carbons (Fsp3) is 0.409. The van der Waals surface area contributed by atoms with Crippen molar-refractivity contribution in [1.29, 1.82) is 0 Å². The SMILES string of the molecule is CN=C(NCc1cccc(S(=O)(=O)NCCOC)c1)NC(C)CCc1ccccc1.I. The number of hydrogen-bond donors (Lipinski definition) is 3. The van der Waals surface area contributed by atoms with Gasteiger partial charge in [-0.25, -0.2) is 13.1 Å². The third kappa shape index (κ3) is 9.98. The Morgan fingerprint density at radius 2 is 1.81 bits per heavy atom. The van der Waals surface area contributed by atoms with E-state index >= 15 is 0 Å². The van der Waals surface area contributed by atoms with Gasteiger partial charge in [0.2, 0.25) is 10.0 Å². The first kappa shape index (κ1) is 27.3. The van der Waals surface area contributed by atoms with E-state index in [1.165, 1.54) is 12.7 Å². The van der Waals surface area contributed by atoms with Crippen LogP contribution in [0.2, 0.25) is 0 Å². The Labute approximate surface area is 203 Å². The number of sulfonamides is 1. The first-order valence-electron chi connectivity index (χ1n) is 10.0. The van der Waals surface area contributed by atoms with Gasteiger partial charge in [0, 0.05) is 33.3 Å². The number of guanidine groups is 1. The van der Waals surface area contributed by atoms with Crippen molar-refractivity contribution in [3.63, 3.8) is 0 Å². The van der Waals surface area contributed by atoms with E-state index in [0.29, 0.717) is 19.1 Å². The molecule has 0 saturated carbocycles. The van der Waals surface area contributed by atoms with Crippen LogP contribution >= 0.6 is 24.0 Å². The monoisotopic (exact) mass is 560 g/mol. The van der Waals surface area contributed by atoms with Crippen LogP contribution in [-0.2, 0) is 27.7 Å². The zero-order chi connectivity index (χ0) is 21.8. The molecule has 7 nitrogen and oxygen atoms in total. The highest BCUT2D eigenvalue weighted by Gasteiger charge is 2.14. The number of methoxy groups -OCH3 is 1. The van der Waals surface area contributed by atoms with Crippen molar-refractivity contribution >= 4 is 40.0 Å². The van der Waals surface area contributed by atoms with Gasteiger partial charge in [-0.2, -0.15) is 0 Å². The molecule has 2 aromatic rings. The molecule has 0 spiro atoms. The summed E-state index contributed by atoms with van der Waals surface area (Å²) in [5, 5.41) is 6.63. The smallest absolute Gasteiger partial charge is 0.240 e. The Balaban J connectivity index is 0.00000480. The molecule has 0 aliphatic carbocycles. The van der Waals surface area contributed by atoms with E-state index in [9.17, 15) is 8.42 Å². The molecule has 9 heteroatoms. The van der Waals surface area contributed by atoms with Crippen LogP contribution < -0.4 is 15.4 Å². The summed E-state index contributed by atoms with van der Waals surface area (Å²) >= 11 is 0. The molecule has 0 heterocycles. The summed E-state index contributed by atoms with van der Waals surface area (Å²) in [6.45, 7) is 3.14. The van der Waals surface area contributed by atoms with E-state index < -0.39 is 10.0 Å². The normalized spacial score (nSPS) is 12.7. The Hall–Kier alpha value is -1.69. The highest BCUT2D eigenvalue weighted by atomic mass is 127. The predicted octanol–water partition coefficient (Wildman–Crippen LogP) is 2.92. The maximum atomic E-state index is 12.4. The largest absolute Gasteiger partial charge is 0.383 e. The highest BCUT2D eigenvalue weighted by Crippen LogP contribution is 2.11. The lowest BCUT2D eigenvalue weighted by Gasteiger charge is -2.18. The average molecular weight is 561 g/mol. The predicted molar refractivity (Wildman–Crippen MR) is 136 cm³/mol. The molecule has 0 saturated heterocycles. The summed E-state index contributed by atoms with van der Waals surface area (Å²) in [4.78, 5) is 4.50. The van der Waals surface area contributed by atoms with Crippen molar-refractivity contribution in [3.8, 4) is 0 Å². The maximum absolute atomic E-state index is 12.4. The fourth-order valence-corrected chi connectivity index (χ4v) is 3.98. The van der Waals surface area contributed by atoms with E-state index in [2.05, 4.69) is 51.5 Å². The second kappa shape index (κ2) is 14.4. The van der Waals surface area contributed by atoms with Crippen molar-refractivity contribution in [1.82, 2.24) is 15.4 Å². The molecule has 0 aliphatic heterocycles. The number of benzene rings is 2. The van der Waals surface area contributed by atoms with Crippen molar-refractivity contribution < 1.29 is 13.2 Å². The number of aliphatic imine (C=N–C) groups is 1. The summed E-state index contributed by atoms with van der Waals surface area (Å²) < 4.78 is 32.1. The van der Waals surface area contributed by atoms with Gasteiger partial charge in [-0.3, -0.25) is 4.99 Å². The van der Waals surface area contributed by atoms with Gasteiger partial charge in [-0.15, -0.1) is 24.0 Å². The number of ether oxygens (including phenoxy) is 1. The van der Waals surface area contributed by atoms with E-state index in [1.807, 2.05) is 12.1 Å². The Kier molecular flexibility index (Phi) is 12.7. The van der Waals surface area contributed by atoms with Crippen molar-refractivity contribution in [2.24, 2.45) is 4.99 Å². The second-order valence-electron chi connectivity index (χ2n) is 7.03. The van der Waals surface area contributed by atoms with Crippen LogP contribution in [0.15, 0.2) is 64.5 Å². The lowest BCUT2D eigenvalue weighted by atomic mass is 10.1. The minimum absolute atomic E-state index is 0. The van der Waals surface area contributed by atoms with Gasteiger partial charge in [-0.05, 0) is 43.0 Å². The maximum Gasteiger partial charge on any atom is 0.240 e. The van der Waals surface area contributed by atoms with E-state index in [1.54, 1.807) is 25.2 Å². The number of nitrogens with one attached hydrogen (secondary N) is 3. The number of halogens is 1. The molecule has 1 unspecified atom stereocenters. The highest BCUT2D eigenvalue weighted by molar-refractivity contribution is 14.0. The van der Waals surface area contributed by atoms with Crippen LogP contribution in [0.5, 0.6) is 0 Å². The third-order valence-electron chi connectivity index (χ3n) is 4.58. The molecule has 0 bridgehead atoms. The zero-order valence-electron chi connectivity index (χ0n) is 18.3. The van der Waals surface area contributed by atoms with Crippen molar-refractivity contribution in [2.75, 3.05) is 27.3 Å². The minimum atomic E-state index is -3.56. The number of rotatable bonds is 11. The molecule has 1 atom stereocenters. The van der Waals surface area contributed by atoms with Gasteiger partial charge >= 0.3 is 0 Å². The standard InChI is InChI=1S/C22H32N4O3S.HI/c1-18(12-13-19-8-5-4-6-9-19)26-22(23-2)24-17-20-10-7-11-21(16-20)30(27,28)25-14-15-29-3;/h4-11,16,18,25H,12-15,17H2,1-3H3,(H2,23,24,26);1H. The van der Waals surface area contributed by atoms with E-state index in [4.69, 9.17) is 4.74 Å². The molecule has 2 rings (SSSR count). The van der Waals surface area contributed by atoms with Crippen molar-refractivity contribution in [3.05, 3.63) is 65.7 Å². The average Bonchev–Trinajstić information content (AvgIpc) is 2.76. The van der Waals surface area contributed by atoms with Crippen LogP contribution in [0.3, 0.4) is 0 Å². The third-order valence-corrected chi connectivity index (χ3v) is 6.04. The first-order chi connectivity index (χ1) is 14.4. The fourth-order valence-electron chi connectivity index (χ4n) is 2.90. The van der Waals surface area contributed by atoms with Crippen molar-refractivity contribution in [2.45, 2.75) is 37.2 Å². The first-order valence-corrected chi connectivity index (χ1v) is 11.5. The molecule has 0 radical (unpaired) electrons. The molecule has 31 heavy (non-hydrogen) atoms. The summed E-state index contributed by atoms with van der Waals surface area (Å²) in [5.41, 5.74) is 2.16.